The van der Waals surface area contributed by atoms with E-state index in [1.807, 2.05) is 0 Å². The SMILES string of the molecule is COc1ccccc1NS(=O)(=O)c1cc(NC(=O)CCC2CCCC2)ccc1N1CCCC1. The molecule has 33 heavy (non-hydrogen) atoms. The molecule has 2 aromatic carbocycles. The summed E-state index contributed by atoms with van der Waals surface area (Å²) in [6.07, 6.45) is 8.31. The lowest BCUT2D eigenvalue weighted by atomic mass is 10.0. The molecule has 1 heterocycles. The smallest absolute Gasteiger partial charge is 0.264 e. The van der Waals surface area contributed by atoms with Gasteiger partial charge in [0.25, 0.3) is 10.0 Å². The van der Waals surface area contributed by atoms with E-state index in [9.17, 15) is 13.2 Å². The summed E-state index contributed by atoms with van der Waals surface area (Å²) in [5.74, 6) is 1.01. The number of nitrogens with one attached hydrogen (secondary N) is 2. The number of anilines is 3. The number of benzene rings is 2. The Hall–Kier alpha value is -2.74. The number of hydrogen-bond donors (Lipinski definition) is 2. The quantitative estimate of drug-likeness (QED) is 0.537. The molecule has 2 N–H and O–H groups in total. The van der Waals surface area contributed by atoms with Crippen molar-refractivity contribution in [2.24, 2.45) is 5.92 Å². The van der Waals surface area contributed by atoms with Crippen LogP contribution >= 0.6 is 0 Å². The number of rotatable bonds is 9. The topological polar surface area (TPSA) is 87.7 Å². The molecule has 8 heteroatoms. The number of amides is 1. The molecular formula is C25H33N3O4S. The Kier molecular flexibility index (Phi) is 7.42. The van der Waals surface area contributed by atoms with Gasteiger partial charge in [-0.1, -0.05) is 37.8 Å². The summed E-state index contributed by atoms with van der Waals surface area (Å²) < 4.78 is 34.9. The third-order valence-corrected chi connectivity index (χ3v) is 7.98. The molecule has 0 bridgehead atoms. The summed E-state index contributed by atoms with van der Waals surface area (Å²) in [6.45, 7) is 1.62. The number of hydrogen-bond acceptors (Lipinski definition) is 5. The maximum absolute atomic E-state index is 13.5. The molecular weight excluding hydrogens is 438 g/mol. The standard InChI is InChI=1S/C25H33N3O4S/c1-32-23-11-5-4-10-21(23)27-33(30,31)24-18-20(13-14-22(24)28-16-6-7-17-28)26-25(29)15-12-19-8-2-3-9-19/h4-5,10-11,13-14,18-19,27H,2-3,6-9,12,15-17H2,1H3,(H,26,29). The highest BCUT2D eigenvalue weighted by Crippen LogP contribution is 2.34. The summed E-state index contributed by atoms with van der Waals surface area (Å²) in [5, 5.41) is 2.91. The van der Waals surface area contributed by atoms with Gasteiger partial charge in [0.1, 0.15) is 10.6 Å². The third-order valence-electron chi connectivity index (χ3n) is 6.59. The number of sulfonamides is 1. The largest absolute Gasteiger partial charge is 0.495 e. The highest BCUT2D eigenvalue weighted by atomic mass is 32.2. The minimum atomic E-state index is -3.92. The van der Waals surface area contributed by atoms with Crippen LogP contribution in [0.4, 0.5) is 17.1 Å². The van der Waals surface area contributed by atoms with E-state index in [2.05, 4.69) is 14.9 Å². The molecule has 0 unspecified atom stereocenters. The molecule has 0 aromatic heterocycles. The van der Waals surface area contributed by atoms with E-state index in [0.717, 1.165) is 32.4 Å². The summed E-state index contributed by atoms with van der Waals surface area (Å²) >= 11 is 0. The fourth-order valence-electron chi connectivity index (χ4n) is 4.81. The maximum atomic E-state index is 13.5. The van der Waals surface area contributed by atoms with Crippen molar-refractivity contribution in [2.45, 2.75) is 56.3 Å². The highest BCUT2D eigenvalue weighted by molar-refractivity contribution is 7.93. The fourth-order valence-corrected chi connectivity index (χ4v) is 6.14. The molecule has 1 saturated heterocycles. The zero-order chi connectivity index (χ0) is 23.3. The number of nitrogens with zero attached hydrogens (tertiary/aromatic N) is 1. The number of carbonyl (C=O) groups excluding carboxylic acids is 1. The van der Waals surface area contributed by atoms with E-state index < -0.39 is 10.0 Å². The summed E-state index contributed by atoms with van der Waals surface area (Å²) in [4.78, 5) is 14.8. The molecule has 0 atom stereocenters. The van der Waals surface area contributed by atoms with Crippen LogP contribution in [0.3, 0.4) is 0 Å². The first-order valence-corrected chi connectivity index (χ1v) is 13.3. The first-order valence-electron chi connectivity index (χ1n) is 11.8. The van der Waals surface area contributed by atoms with Crippen LogP contribution in [0, 0.1) is 5.92 Å². The summed E-state index contributed by atoms with van der Waals surface area (Å²) in [7, 11) is -2.42. The molecule has 1 aliphatic heterocycles. The van der Waals surface area contributed by atoms with Gasteiger partial charge in [-0.05, 0) is 55.5 Å². The van der Waals surface area contributed by atoms with E-state index in [-0.39, 0.29) is 10.8 Å². The summed E-state index contributed by atoms with van der Waals surface area (Å²) in [5.41, 5.74) is 1.52. The van der Waals surface area contributed by atoms with Crippen LogP contribution in [-0.4, -0.2) is 34.5 Å². The van der Waals surface area contributed by atoms with Gasteiger partial charge >= 0.3 is 0 Å². The Labute approximate surface area is 196 Å². The molecule has 2 aromatic rings. The van der Waals surface area contributed by atoms with Gasteiger partial charge in [0.05, 0.1) is 18.5 Å². The zero-order valence-corrected chi connectivity index (χ0v) is 20.0. The van der Waals surface area contributed by atoms with E-state index in [1.54, 1.807) is 42.5 Å². The van der Waals surface area contributed by atoms with Crippen LogP contribution in [-0.2, 0) is 14.8 Å². The lowest BCUT2D eigenvalue weighted by Gasteiger charge is -2.23. The number of carbonyl (C=O) groups is 1. The van der Waals surface area contributed by atoms with E-state index in [0.29, 0.717) is 35.2 Å². The van der Waals surface area contributed by atoms with Crippen molar-refractivity contribution in [3.63, 3.8) is 0 Å². The van der Waals surface area contributed by atoms with Gasteiger partial charge in [0.15, 0.2) is 0 Å². The van der Waals surface area contributed by atoms with Crippen molar-refractivity contribution in [3.05, 3.63) is 42.5 Å². The van der Waals surface area contributed by atoms with Gasteiger partial charge in [-0.15, -0.1) is 0 Å². The van der Waals surface area contributed by atoms with E-state index in [4.69, 9.17) is 4.74 Å². The Morgan fingerprint density at radius 2 is 1.79 bits per heavy atom. The first-order chi connectivity index (χ1) is 16.0. The molecule has 0 spiro atoms. The normalized spacial score (nSPS) is 16.7. The Bertz CT molecular complexity index is 1070. The Morgan fingerprint density at radius 1 is 1.06 bits per heavy atom. The predicted octanol–water partition coefficient (Wildman–Crippen LogP) is 5.01. The van der Waals surface area contributed by atoms with Crippen molar-refractivity contribution in [1.29, 1.82) is 0 Å². The predicted molar refractivity (Wildman–Crippen MR) is 132 cm³/mol. The fraction of sp³-hybridized carbons (Fsp3) is 0.480. The first kappa shape index (κ1) is 23.4. The Balaban J connectivity index is 1.57. The molecule has 1 saturated carbocycles. The number of methoxy groups -OCH3 is 1. The molecule has 7 nitrogen and oxygen atoms in total. The molecule has 178 valence electrons. The van der Waals surface area contributed by atoms with E-state index in [1.165, 1.54) is 32.8 Å². The maximum Gasteiger partial charge on any atom is 0.264 e. The van der Waals surface area contributed by atoms with Crippen LogP contribution in [0.15, 0.2) is 47.4 Å². The van der Waals surface area contributed by atoms with Gasteiger partial charge in [0.2, 0.25) is 5.91 Å². The van der Waals surface area contributed by atoms with Crippen LogP contribution < -0.4 is 19.7 Å². The molecule has 2 aliphatic rings. The second-order valence-corrected chi connectivity index (χ2v) is 10.6. The van der Waals surface area contributed by atoms with Crippen LogP contribution in [0.5, 0.6) is 5.75 Å². The van der Waals surface area contributed by atoms with Gasteiger partial charge in [-0.2, -0.15) is 0 Å². The third kappa shape index (κ3) is 5.79. The summed E-state index contributed by atoms with van der Waals surface area (Å²) in [6, 6.07) is 12.1. The molecule has 0 radical (unpaired) electrons. The second kappa shape index (κ2) is 10.5. The molecule has 4 rings (SSSR count). The van der Waals surface area contributed by atoms with Crippen molar-refractivity contribution in [1.82, 2.24) is 0 Å². The van der Waals surface area contributed by atoms with Crippen molar-refractivity contribution < 1.29 is 17.9 Å². The zero-order valence-electron chi connectivity index (χ0n) is 19.2. The van der Waals surface area contributed by atoms with E-state index >= 15 is 0 Å². The van der Waals surface area contributed by atoms with Crippen molar-refractivity contribution in [3.8, 4) is 5.75 Å². The van der Waals surface area contributed by atoms with Gasteiger partial charge in [-0.25, -0.2) is 8.42 Å². The van der Waals surface area contributed by atoms with Gasteiger partial charge < -0.3 is 15.0 Å². The highest BCUT2D eigenvalue weighted by Gasteiger charge is 2.26. The Morgan fingerprint density at radius 3 is 2.52 bits per heavy atom. The van der Waals surface area contributed by atoms with Gasteiger partial charge in [-0.3, -0.25) is 9.52 Å². The van der Waals surface area contributed by atoms with Crippen LogP contribution in [0.25, 0.3) is 0 Å². The lowest BCUT2D eigenvalue weighted by molar-refractivity contribution is -0.116. The second-order valence-electron chi connectivity index (χ2n) is 8.92. The number of para-hydroxylation sites is 2. The van der Waals surface area contributed by atoms with Gasteiger partial charge in [0, 0.05) is 25.2 Å². The molecule has 1 aliphatic carbocycles. The average Bonchev–Trinajstić information content (AvgIpc) is 3.52. The lowest BCUT2D eigenvalue weighted by Crippen LogP contribution is -2.23. The van der Waals surface area contributed by atoms with Crippen molar-refractivity contribution >= 4 is 33.0 Å². The average molecular weight is 472 g/mol. The van der Waals surface area contributed by atoms with Crippen LogP contribution in [0.2, 0.25) is 0 Å². The number of ether oxygens (including phenoxy) is 1. The minimum Gasteiger partial charge on any atom is -0.495 e. The van der Waals surface area contributed by atoms with Crippen molar-refractivity contribution in [2.75, 3.05) is 35.1 Å². The monoisotopic (exact) mass is 471 g/mol. The van der Waals surface area contributed by atoms with Crippen LogP contribution in [0.1, 0.15) is 51.4 Å². The minimum absolute atomic E-state index is 0.0724. The molecule has 2 fully saturated rings. The molecule has 1 amide bonds.